The third kappa shape index (κ3) is 5.36. The number of benzene rings is 2. The van der Waals surface area contributed by atoms with E-state index in [4.69, 9.17) is 21.1 Å². The number of esters is 1. The van der Waals surface area contributed by atoms with Crippen LogP contribution in [-0.4, -0.2) is 25.6 Å². The Balaban J connectivity index is 2.02. The van der Waals surface area contributed by atoms with Crippen molar-refractivity contribution in [3.8, 4) is 5.75 Å². The number of carbonyl (C=O) groups excluding carboxylic acids is 2. The molecular formula is C19H18ClNO4. The second kappa shape index (κ2) is 8.89. The Morgan fingerprint density at radius 2 is 1.88 bits per heavy atom. The van der Waals surface area contributed by atoms with Crippen molar-refractivity contribution in [3.63, 3.8) is 0 Å². The number of anilines is 1. The van der Waals surface area contributed by atoms with Crippen molar-refractivity contribution in [1.82, 2.24) is 0 Å². The minimum absolute atomic E-state index is 0.261. The number of halogens is 1. The first kappa shape index (κ1) is 18.5. The van der Waals surface area contributed by atoms with Crippen LogP contribution < -0.4 is 10.1 Å². The highest BCUT2D eigenvalue weighted by Gasteiger charge is 2.10. The maximum Gasteiger partial charge on any atom is 0.338 e. The van der Waals surface area contributed by atoms with Crippen LogP contribution in [0.15, 0.2) is 48.5 Å². The van der Waals surface area contributed by atoms with E-state index in [2.05, 4.69) is 5.32 Å². The molecule has 2 aromatic rings. The molecule has 6 heteroatoms. The molecule has 0 bridgehead atoms. The van der Waals surface area contributed by atoms with Gasteiger partial charge in [-0.25, -0.2) is 4.79 Å². The summed E-state index contributed by atoms with van der Waals surface area (Å²) in [6.45, 7) is 2.01. The van der Waals surface area contributed by atoms with E-state index in [1.54, 1.807) is 32.2 Å². The van der Waals surface area contributed by atoms with Gasteiger partial charge in [-0.3, -0.25) is 4.79 Å². The Labute approximate surface area is 151 Å². The zero-order valence-corrected chi connectivity index (χ0v) is 14.7. The summed E-state index contributed by atoms with van der Waals surface area (Å²) in [6, 6.07) is 11.9. The van der Waals surface area contributed by atoms with Crippen molar-refractivity contribution in [1.29, 1.82) is 0 Å². The van der Waals surface area contributed by atoms with Crippen LogP contribution >= 0.6 is 11.6 Å². The van der Waals surface area contributed by atoms with E-state index >= 15 is 0 Å². The lowest BCUT2D eigenvalue weighted by Crippen LogP contribution is -2.09. The summed E-state index contributed by atoms with van der Waals surface area (Å²) in [5.74, 6) is -0.0432. The molecule has 0 saturated carbocycles. The Hall–Kier alpha value is -2.79. The summed E-state index contributed by atoms with van der Waals surface area (Å²) in [5.41, 5.74) is 1.61. The van der Waals surface area contributed by atoms with Crippen LogP contribution in [0.1, 0.15) is 22.8 Å². The molecule has 2 aromatic carbocycles. The number of methoxy groups -OCH3 is 1. The fourth-order valence-corrected chi connectivity index (χ4v) is 2.25. The fourth-order valence-electron chi connectivity index (χ4n) is 2.02. The number of amides is 1. The molecule has 1 amide bonds. The molecule has 0 unspecified atom stereocenters. The predicted octanol–water partition coefficient (Wildman–Crippen LogP) is 4.18. The Bertz CT molecular complexity index is 785. The minimum Gasteiger partial charge on any atom is -0.497 e. The lowest BCUT2D eigenvalue weighted by atomic mass is 10.2. The van der Waals surface area contributed by atoms with Gasteiger partial charge in [-0.15, -0.1) is 0 Å². The second-order valence-corrected chi connectivity index (χ2v) is 5.42. The largest absolute Gasteiger partial charge is 0.497 e. The lowest BCUT2D eigenvalue weighted by Gasteiger charge is -2.07. The molecule has 0 aliphatic rings. The Morgan fingerprint density at radius 3 is 2.48 bits per heavy atom. The van der Waals surface area contributed by atoms with E-state index in [0.717, 1.165) is 11.3 Å². The Kier molecular flexibility index (Phi) is 6.60. The number of hydrogen-bond acceptors (Lipinski definition) is 4. The van der Waals surface area contributed by atoms with Crippen LogP contribution in [0.4, 0.5) is 5.69 Å². The molecule has 2 rings (SSSR count). The van der Waals surface area contributed by atoms with Crippen LogP contribution in [0.2, 0.25) is 5.02 Å². The van der Waals surface area contributed by atoms with Gasteiger partial charge in [0.1, 0.15) is 5.75 Å². The summed E-state index contributed by atoms with van der Waals surface area (Å²) in [5, 5.41) is 2.93. The van der Waals surface area contributed by atoms with Gasteiger partial charge in [-0.2, -0.15) is 0 Å². The van der Waals surface area contributed by atoms with Gasteiger partial charge in [0.15, 0.2) is 0 Å². The molecule has 0 atom stereocenters. The smallest absolute Gasteiger partial charge is 0.338 e. The molecule has 0 fully saturated rings. The number of ether oxygens (including phenoxy) is 2. The van der Waals surface area contributed by atoms with E-state index in [1.165, 1.54) is 12.1 Å². The number of hydrogen-bond donors (Lipinski definition) is 1. The van der Waals surface area contributed by atoms with Gasteiger partial charge in [0.05, 0.1) is 30.0 Å². The lowest BCUT2D eigenvalue weighted by molar-refractivity contribution is -0.111. The van der Waals surface area contributed by atoms with E-state index in [0.29, 0.717) is 11.3 Å². The average molecular weight is 360 g/mol. The van der Waals surface area contributed by atoms with Crippen LogP contribution in [0.5, 0.6) is 5.75 Å². The summed E-state index contributed by atoms with van der Waals surface area (Å²) in [4.78, 5) is 23.7. The zero-order valence-electron chi connectivity index (χ0n) is 13.9. The van der Waals surface area contributed by atoms with Gasteiger partial charge < -0.3 is 14.8 Å². The molecule has 0 radical (unpaired) electrons. The van der Waals surface area contributed by atoms with Crippen molar-refractivity contribution in [2.75, 3.05) is 19.0 Å². The normalized spacial score (nSPS) is 10.5. The third-order valence-corrected chi connectivity index (χ3v) is 3.59. The quantitative estimate of drug-likeness (QED) is 0.620. The van der Waals surface area contributed by atoms with Crippen LogP contribution in [0, 0.1) is 0 Å². The molecule has 0 aromatic heterocycles. The first-order valence-corrected chi connectivity index (χ1v) is 8.01. The van der Waals surface area contributed by atoms with Crippen LogP contribution in [0.25, 0.3) is 6.08 Å². The monoisotopic (exact) mass is 359 g/mol. The molecule has 1 N–H and O–H groups in total. The highest BCUT2D eigenvalue weighted by Crippen LogP contribution is 2.23. The van der Waals surface area contributed by atoms with Crippen molar-refractivity contribution >= 4 is 35.2 Å². The molecule has 25 heavy (non-hydrogen) atoms. The summed E-state index contributed by atoms with van der Waals surface area (Å²) >= 11 is 6.11. The van der Waals surface area contributed by atoms with Crippen LogP contribution in [-0.2, 0) is 9.53 Å². The van der Waals surface area contributed by atoms with E-state index in [9.17, 15) is 9.59 Å². The van der Waals surface area contributed by atoms with Crippen molar-refractivity contribution < 1.29 is 19.1 Å². The molecule has 0 aliphatic heterocycles. The fraction of sp³-hybridized carbons (Fsp3) is 0.158. The highest BCUT2D eigenvalue weighted by atomic mass is 35.5. The first-order valence-electron chi connectivity index (χ1n) is 7.63. The molecule has 0 saturated heterocycles. The van der Waals surface area contributed by atoms with Crippen molar-refractivity contribution in [2.45, 2.75) is 6.92 Å². The number of rotatable bonds is 6. The minimum atomic E-state index is -0.457. The van der Waals surface area contributed by atoms with Gasteiger partial charge in [0.25, 0.3) is 0 Å². The van der Waals surface area contributed by atoms with Gasteiger partial charge in [-0.1, -0.05) is 23.7 Å². The van der Waals surface area contributed by atoms with Crippen molar-refractivity contribution in [3.05, 3.63) is 64.7 Å². The molecule has 5 nitrogen and oxygen atoms in total. The molecule has 0 spiro atoms. The molecule has 130 valence electrons. The van der Waals surface area contributed by atoms with E-state index in [-0.39, 0.29) is 17.5 Å². The van der Waals surface area contributed by atoms with Crippen LogP contribution in [0.3, 0.4) is 0 Å². The van der Waals surface area contributed by atoms with E-state index < -0.39 is 5.97 Å². The predicted molar refractivity (Wildman–Crippen MR) is 98.1 cm³/mol. The van der Waals surface area contributed by atoms with Gasteiger partial charge >= 0.3 is 5.97 Å². The van der Waals surface area contributed by atoms with Gasteiger partial charge in [0, 0.05) is 6.08 Å². The third-order valence-electron chi connectivity index (χ3n) is 3.28. The maximum atomic E-state index is 12.0. The molecular weight excluding hydrogens is 342 g/mol. The highest BCUT2D eigenvalue weighted by molar-refractivity contribution is 6.34. The summed E-state index contributed by atoms with van der Waals surface area (Å²) in [7, 11) is 1.59. The first-order chi connectivity index (χ1) is 12.0. The zero-order chi connectivity index (χ0) is 18.2. The Morgan fingerprint density at radius 1 is 1.16 bits per heavy atom. The molecule has 0 heterocycles. The number of nitrogens with one attached hydrogen (secondary N) is 1. The van der Waals surface area contributed by atoms with E-state index in [1.807, 2.05) is 24.3 Å². The van der Waals surface area contributed by atoms with Crippen molar-refractivity contribution in [2.24, 2.45) is 0 Å². The SMILES string of the molecule is CCOC(=O)c1ccc(NC(=O)/C=C/c2ccc(OC)cc2)c(Cl)c1. The standard InChI is InChI=1S/C19H18ClNO4/c1-3-25-19(23)14-7-10-17(16(20)12-14)21-18(22)11-6-13-4-8-15(24-2)9-5-13/h4-12H,3H2,1-2H3,(H,21,22)/b11-6+. The summed E-state index contributed by atoms with van der Waals surface area (Å²) < 4.78 is 9.98. The molecule has 0 aliphatic carbocycles. The van der Waals surface area contributed by atoms with Gasteiger partial charge in [-0.05, 0) is 48.9 Å². The number of carbonyl (C=O) groups is 2. The second-order valence-electron chi connectivity index (χ2n) is 5.01. The van der Waals surface area contributed by atoms with Gasteiger partial charge in [0.2, 0.25) is 5.91 Å². The average Bonchev–Trinajstić information content (AvgIpc) is 2.62. The maximum absolute atomic E-state index is 12.0. The summed E-state index contributed by atoms with van der Waals surface area (Å²) in [6.07, 6.45) is 3.08. The topological polar surface area (TPSA) is 64.6 Å².